The van der Waals surface area contributed by atoms with E-state index in [0.717, 1.165) is 0 Å². The van der Waals surface area contributed by atoms with Crippen molar-refractivity contribution >= 4 is 18.3 Å². The maximum atomic E-state index is 13.3. The molecule has 0 bridgehead atoms. The molecular weight excluding hydrogens is 271 g/mol. The normalized spacial score (nSPS) is 11.5. The molecular formula is C13H20ClFN2O2. The quantitative estimate of drug-likeness (QED) is 0.795. The van der Waals surface area contributed by atoms with E-state index in [1.165, 1.54) is 13.2 Å². The van der Waals surface area contributed by atoms with Gasteiger partial charge in [-0.15, -0.1) is 12.4 Å². The highest BCUT2D eigenvalue weighted by molar-refractivity contribution is 5.85. The molecule has 0 saturated carbocycles. The summed E-state index contributed by atoms with van der Waals surface area (Å²) in [5.74, 6) is -0.382. The van der Waals surface area contributed by atoms with Crippen molar-refractivity contribution in [3.63, 3.8) is 0 Å². The Balaban J connectivity index is 0.00000324. The van der Waals surface area contributed by atoms with Crippen LogP contribution in [0.1, 0.15) is 12.0 Å². The topological polar surface area (TPSA) is 64.3 Å². The highest BCUT2D eigenvalue weighted by Crippen LogP contribution is 2.06. The van der Waals surface area contributed by atoms with Crippen molar-refractivity contribution < 1.29 is 13.9 Å². The molecule has 3 N–H and O–H groups in total. The van der Waals surface area contributed by atoms with E-state index in [9.17, 15) is 9.18 Å². The fourth-order valence-corrected chi connectivity index (χ4v) is 1.58. The molecule has 0 fully saturated rings. The Bertz CT molecular complexity index is 387. The van der Waals surface area contributed by atoms with E-state index in [1.807, 2.05) is 0 Å². The average molecular weight is 291 g/mol. The predicted octanol–water partition coefficient (Wildman–Crippen LogP) is 1.27. The van der Waals surface area contributed by atoms with Crippen LogP contribution in [0.5, 0.6) is 0 Å². The molecule has 6 heteroatoms. The summed E-state index contributed by atoms with van der Waals surface area (Å²) in [7, 11) is 1.52. The van der Waals surface area contributed by atoms with E-state index < -0.39 is 0 Å². The largest absolute Gasteiger partial charge is 0.380 e. The third-order valence-corrected chi connectivity index (χ3v) is 2.68. The highest BCUT2D eigenvalue weighted by atomic mass is 35.5. The van der Waals surface area contributed by atoms with Crippen LogP contribution in [0.4, 0.5) is 4.39 Å². The van der Waals surface area contributed by atoms with Gasteiger partial charge in [-0.05, 0) is 18.1 Å². The number of hydrogen-bond donors (Lipinski definition) is 2. The number of rotatable bonds is 7. The third-order valence-electron chi connectivity index (χ3n) is 2.68. The number of benzene rings is 1. The van der Waals surface area contributed by atoms with E-state index >= 15 is 0 Å². The van der Waals surface area contributed by atoms with Crippen LogP contribution >= 0.6 is 12.4 Å². The van der Waals surface area contributed by atoms with E-state index in [1.54, 1.807) is 18.2 Å². The van der Waals surface area contributed by atoms with Gasteiger partial charge in [0.05, 0.1) is 12.5 Å². The number of nitrogens with two attached hydrogens (primary N) is 1. The molecule has 4 nitrogen and oxygen atoms in total. The smallest absolute Gasteiger partial charge is 0.222 e. The second kappa shape index (κ2) is 9.72. The van der Waals surface area contributed by atoms with Crippen molar-refractivity contribution in [3.05, 3.63) is 35.6 Å². The molecule has 1 aromatic rings. The summed E-state index contributed by atoms with van der Waals surface area (Å²) in [6.07, 6.45) is 0.432. The fourth-order valence-electron chi connectivity index (χ4n) is 1.58. The molecule has 1 atom stereocenters. The number of halogens is 2. The molecule has 0 saturated heterocycles. The van der Waals surface area contributed by atoms with Crippen molar-refractivity contribution in [2.45, 2.75) is 18.9 Å². The predicted molar refractivity (Wildman–Crippen MR) is 74.8 cm³/mol. The van der Waals surface area contributed by atoms with E-state index in [0.29, 0.717) is 25.1 Å². The Morgan fingerprint density at radius 1 is 1.47 bits per heavy atom. The standard InChI is InChI=1S/C13H19FN2O2.ClH/c1-18-11(9-15)8-13(17)16-7-6-10-4-2-3-5-12(10)14;/h2-5,11H,6-9,15H2,1H3,(H,16,17);1H. The monoisotopic (exact) mass is 290 g/mol. The Morgan fingerprint density at radius 3 is 2.74 bits per heavy atom. The molecule has 0 aliphatic heterocycles. The molecule has 108 valence electrons. The Morgan fingerprint density at radius 2 is 2.16 bits per heavy atom. The molecule has 0 aromatic heterocycles. The molecule has 0 aliphatic carbocycles. The van der Waals surface area contributed by atoms with Gasteiger partial charge < -0.3 is 15.8 Å². The fraction of sp³-hybridized carbons (Fsp3) is 0.462. The van der Waals surface area contributed by atoms with Gasteiger partial charge in [-0.1, -0.05) is 18.2 Å². The second-order valence-corrected chi connectivity index (χ2v) is 3.99. The van der Waals surface area contributed by atoms with E-state index in [4.69, 9.17) is 10.5 Å². The van der Waals surface area contributed by atoms with Crippen LogP contribution in [0.3, 0.4) is 0 Å². The molecule has 1 aromatic carbocycles. The molecule has 0 spiro atoms. The van der Waals surface area contributed by atoms with Gasteiger partial charge >= 0.3 is 0 Å². The number of nitrogens with one attached hydrogen (secondary N) is 1. The first-order valence-electron chi connectivity index (χ1n) is 5.90. The zero-order valence-electron chi connectivity index (χ0n) is 10.9. The van der Waals surface area contributed by atoms with Gasteiger partial charge in [-0.25, -0.2) is 4.39 Å². The summed E-state index contributed by atoms with van der Waals surface area (Å²) in [4.78, 5) is 11.5. The van der Waals surface area contributed by atoms with Gasteiger partial charge in [0.25, 0.3) is 0 Å². The van der Waals surface area contributed by atoms with Crippen molar-refractivity contribution in [1.82, 2.24) is 5.32 Å². The first-order chi connectivity index (χ1) is 8.67. The molecule has 0 aliphatic rings. The number of amides is 1. The number of ether oxygens (including phenoxy) is 1. The first kappa shape index (κ1) is 17.8. The lowest BCUT2D eigenvalue weighted by Gasteiger charge is -2.12. The SMILES string of the molecule is COC(CN)CC(=O)NCCc1ccccc1F.Cl. The zero-order valence-corrected chi connectivity index (χ0v) is 11.7. The van der Waals surface area contributed by atoms with Crippen molar-refractivity contribution in [2.24, 2.45) is 5.73 Å². The van der Waals surface area contributed by atoms with Crippen LogP contribution in [0, 0.1) is 5.82 Å². The van der Waals surface area contributed by atoms with Crippen LogP contribution in [0.15, 0.2) is 24.3 Å². The summed E-state index contributed by atoms with van der Waals surface area (Å²) < 4.78 is 18.3. The van der Waals surface area contributed by atoms with Crippen LogP contribution < -0.4 is 11.1 Å². The van der Waals surface area contributed by atoms with Crippen molar-refractivity contribution in [2.75, 3.05) is 20.2 Å². The Labute approximate surface area is 118 Å². The third kappa shape index (κ3) is 6.52. The number of hydrogen-bond acceptors (Lipinski definition) is 3. The van der Waals surface area contributed by atoms with Crippen LogP contribution in [0.25, 0.3) is 0 Å². The summed E-state index contributed by atoms with van der Waals surface area (Å²) >= 11 is 0. The van der Waals surface area contributed by atoms with Crippen LogP contribution in [-0.4, -0.2) is 32.2 Å². The zero-order chi connectivity index (χ0) is 13.4. The lowest BCUT2D eigenvalue weighted by Crippen LogP contribution is -2.33. The minimum atomic E-state index is -0.265. The lowest BCUT2D eigenvalue weighted by atomic mass is 10.1. The number of carbonyl (C=O) groups excluding carboxylic acids is 1. The number of methoxy groups -OCH3 is 1. The molecule has 1 rings (SSSR count). The molecule has 19 heavy (non-hydrogen) atoms. The second-order valence-electron chi connectivity index (χ2n) is 3.99. The maximum absolute atomic E-state index is 13.3. The van der Waals surface area contributed by atoms with E-state index in [2.05, 4.69) is 5.32 Å². The van der Waals surface area contributed by atoms with Gasteiger partial charge in [-0.3, -0.25) is 4.79 Å². The molecule has 0 radical (unpaired) electrons. The highest BCUT2D eigenvalue weighted by Gasteiger charge is 2.10. The molecule has 1 unspecified atom stereocenters. The molecule has 0 heterocycles. The van der Waals surface area contributed by atoms with Gasteiger partial charge in [0.2, 0.25) is 5.91 Å². The number of carbonyl (C=O) groups is 1. The van der Waals surface area contributed by atoms with Crippen molar-refractivity contribution in [3.8, 4) is 0 Å². The minimum absolute atomic E-state index is 0. The van der Waals surface area contributed by atoms with Gasteiger partial charge in [-0.2, -0.15) is 0 Å². The minimum Gasteiger partial charge on any atom is -0.380 e. The average Bonchev–Trinajstić information content (AvgIpc) is 2.38. The summed E-state index contributed by atoms with van der Waals surface area (Å²) in [6, 6.07) is 6.53. The lowest BCUT2D eigenvalue weighted by molar-refractivity contribution is -0.123. The summed E-state index contributed by atoms with van der Waals surface area (Å²) in [5.41, 5.74) is 6.01. The van der Waals surface area contributed by atoms with Crippen LogP contribution in [-0.2, 0) is 16.0 Å². The maximum Gasteiger partial charge on any atom is 0.222 e. The van der Waals surface area contributed by atoms with Crippen molar-refractivity contribution in [1.29, 1.82) is 0 Å². The van der Waals surface area contributed by atoms with E-state index in [-0.39, 0.29) is 36.7 Å². The molecule has 1 amide bonds. The summed E-state index contributed by atoms with van der Waals surface area (Å²) in [5, 5.41) is 2.72. The first-order valence-corrected chi connectivity index (χ1v) is 5.90. The van der Waals surface area contributed by atoms with Gasteiger partial charge in [0, 0.05) is 20.2 Å². The van der Waals surface area contributed by atoms with Crippen LogP contribution in [0.2, 0.25) is 0 Å². The summed E-state index contributed by atoms with van der Waals surface area (Å²) in [6.45, 7) is 0.706. The Kier molecular flexibility index (Phi) is 9.12. The van der Waals surface area contributed by atoms with Gasteiger partial charge in [0.15, 0.2) is 0 Å². The van der Waals surface area contributed by atoms with Gasteiger partial charge in [0.1, 0.15) is 5.82 Å². The Hall–Kier alpha value is -1.17.